The highest BCUT2D eigenvalue weighted by Gasteiger charge is 2.47. The average molecular weight is 191 g/mol. The summed E-state index contributed by atoms with van der Waals surface area (Å²) in [4.78, 5) is 2.28. The second kappa shape index (κ2) is 3.28. The number of allylic oxidation sites excluding steroid dienone is 3. The maximum atomic E-state index is 5.98. The predicted molar refractivity (Wildman–Crippen MR) is 58.0 cm³/mol. The summed E-state index contributed by atoms with van der Waals surface area (Å²) in [6.45, 7) is 7.91. The first-order chi connectivity index (χ1) is 6.69. The van der Waals surface area contributed by atoms with Crippen LogP contribution in [0.15, 0.2) is 36.1 Å². The zero-order valence-corrected chi connectivity index (χ0v) is 8.92. The van der Waals surface area contributed by atoms with Crippen molar-refractivity contribution >= 4 is 0 Å². The summed E-state index contributed by atoms with van der Waals surface area (Å²) in [5.41, 5.74) is 1.31. The molecule has 0 radical (unpaired) electrons. The SMILES string of the molecule is C=CC1=C(/C=C\C)OC2(C1)CN(C)C2. The minimum Gasteiger partial charge on any atom is -0.484 e. The van der Waals surface area contributed by atoms with E-state index in [4.69, 9.17) is 4.74 Å². The first-order valence-electron chi connectivity index (χ1n) is 5.05. The van der Waals surface area contributed by atoms with Crippen LogP contribution in [-0.4, -0.2) is 30.6 Å². The van der Waals surface area contributed by atoms with E-state index >= 15 is 0 Å². The van der Waals surface area contributed by atoms with Crippen molar-refractivity contribution < 1.29 is 4.74 Å². The standard InChI is InChI=1S/C12H17NO/c1-4-6-11-10(5-2)7-12(14-11)8-13(3)9-12/h4-6H,2,7-9H2,1,3H3/b6-4-. The number of nitrogens with zero attached hydrogens (tertiary/aromatic N) is 1. The Bertz CT molecular complexity index is 308. The Morgan fingerprint density at radius 1 is 1.50 bits per heavy atom. The fourth-order valence-corrected chi connectivity index (χ4v) is 2.35. The van der Waals surface area contributed by atoms with Gasteiger partial charge in [-0.25, -0.2) is 0 Å². The summed E-state index contributed by atoms with van der Waals surface area (Å²) in [7, 11) is 2.12. The van der Waals surface area contributed by atoms with Crippen LogP contribution in [0.2, 0.25) is 0 Å². The Balaban J connectivity index is 2.12. The summed E-state index contributed by atoms with van der Waals surface area (Å²) in [5, 5.41) is 0. The van der Waals surface area contributed by atoms with Gasteiger partial charge in [-0.2, -0.15) is 0 Å². The van der Waals surface area contributed by atoms with Crippen LogP contribution in [0, 0.1) is 0 Å². The van der Waals surface area contributed by atoms with Gasteiger partial charge in [0.15, 0.2) is 0 Å². The van der Waals surface area contributed by atoms with E-state index in [1.807, 2.05) is 25.2 Å². The number of hydrogen-bond acceptors (Lipinski definition) is 2. The van der Waals surface area contributed by atoms with Gasteiger partial charge in [-0.05, 0) is 25.6 Å². The van der Waals surface area contributed by atoms with Gasteiger partial charge in [0, 0.05) is 19.5 Å². The Labute approximate surface area is 85.5 Å². The molecule has 1 fully saturated rings. The highest BCUT2D eigenvalue weighted by atomic mass is 16.5. The van der Waals surface area contributed by atoms with Crippen LogP contribution >= 0.6 is 0 Å². The lowest BCUT2D eigenvalue weighted by atomic mass is 9.89. The molecular formula is C12H17NO. The highest BCUT2D eigenvalue weighted by molar-refractivity contribution is 5.35. The molecule has 0 aliphatic carbocycles. The van der Waals surface area contributed by atoms with Gasteiger partial charge in [-0.1, -0.05) is 18.7 Å². The van der Waals surface area contributed by atoms with Crippen molar-refractivity contribution in [3.05, 3.63) is 36.1 Å². The second-order valence-corrected chi connectivity index (χ2v) is 4.23. The lowest BCUT2D eigenvalue weighted by Crippen LogP contribution is -2.59. The number of rotatable bonds is 2. The number of likely N-dealkylation sites (N-methyl/N-ethyl adjacent to an activating group) is 1. The molecule has 0 unspecified atom stereocenters. The summed E-state index contributed by atoms with van der Waals surface area (Å²) in [5.74, 6) is 1.01. The molecule has 0 saturated carbocycles. The van der Waals surface area contributed by atoms with Crippen molar-refractivity contribution in [3.63, 3.8) is 0 Å². The Morgan fingerprint density at radius 2 is 2.21 bits per heavy atom. The average Bonchev–Trinajstić information content (AvgIpc) is 2.44. The molecule has 0 atom stereocenters. The van der Waals surface area contributed by atoms with Crippen molar-refractivity contribution in [3.8, 4) is 0 Å². The minimum atomic E-state index is 0.0626. The van der Waals surface area contributed by atoms with E-state index in [1.165, 1.54) is 5.57 Å². The fourth-order valence-electron chi connectivity index (χ4n) is 2.35. The molecule has 0 amide bonds. The fraction of sp³-hybridized carbons (Fsp3) is 0.500. The first-order valence-corrected chi connectivity index (χ1v) is 5.05. The van der Waals surface area contributed by atoms with Crippen LogP contribution in [0.5, 0.6) is 0 Å². The Morgan fingerprint density at radius 3 is 2.71 bits per heavy atom. The molecule has 2 rings (SSSR count). The molecule has 0 aromatic heterocycles. The lowest BCUT2D eigenvalue weighted by molar-refractivity contribution is -0.0854. The largest absolute Gasteiger partial charge is 0.484 e. The molecule has 0 bridgehead atoms. The van der Waals surface area contributed by atoms with Gasteiger partial charge < -0.3 is 4.74 Å². The highest BCUT2D eigenvalue weighted by Crippen LogP contribution is 2.40. The van der Waals surface area contributed by atoms with E-state index in [0.717, 1.165) is 25.3 Å². The number of likely N-dealkylation sites (tertiary alicyclic amines) is 1. The van der Waals surface area contributed by atoms with E-state index < -0.39 is 0 Å². The Kier molecular flexibility index (Phi) is 2.23. The van der Waals surface area contributed by atoms with E-state index in [9.17, 15) is 0 Å². The summed E-state index contributed by atoms with van der Waals surface area (Å²) in [6, 6.07) is 0. The molecule has 0 aromatic rings. The van der Waals surface area contributed by atoms with Gasteiger partial charge in [-0.15, -0.1) is 0 Å². The van der Waals surface area contributed by atoms with Crippen LogP contribution in [0.4, 0.5) is 0 Å². The monoisotopic (exact) mass is 191 g/mol. The summed E-state index contributed by atoms with van der Waals surface area (Å²) < 4.78 is 5.98. The molecule has 0 N–H and O–H groups in total. The molecular weight excluding hydrogens is 174 g/mol. The molecule has 1 saturated heterocycles. The van der Waals surface area contributed by atoms with E-state index in [2.05, 4.69) is 18.5 Å². The Hall–Kier alpha value is -1.02. The van der Waals surface area contributed by atoms with Gasteiger partial charge in [0.05, 0.1) is 0 Å². The normalized spacial score (nSPS) is 25.6. The van der Waals surface area contributed by atoms with E-state index in [1.54, 1.807) is 0 Å². The van der Waals surface area contributed by atoms with Gasteiger partial charge in [-0.3, -0.25) is 4.90 Å². The first kappa shape index (κ1) is 9.53. The zero-order valence-electron chi connectivity index (χ0n) is 8.92. The van der Waals surface area contributed by atoms with Gasteiger partial charge in [0.1, 0.15) is 11.4 Å². The minimum absolute atomic E-state index is 0.0626. The summed E-state index contributed by atoms with van der Waals surface area (Å²) >= 11 is 0. The van der Waals surface area contributed by atoms with E-state index in [0.29, 0.717) is 0 Å². The van der Waals surface area contributed by atoms with Crippen molar-refractivity contribution in [2.24, 2.45) is 0 Å². The zero-order chi connectivity index (χ0) is 10.2. The molecule has 2 heterocycles. The molecule has 2 nitrogen and oxygen atoms in total. The van der Waals surface area contributed by atoms with Gasteiger partial charge >= 0.3 is 0 Å². The third-order valence-electron chi connectivity index (χ3n) is 2.84. The van der Waals surface area contributed by atoms with Crippen LogP contribution in [0.25, 0.3) is 0 Å². The smallest absolute Gasteiger partial charge is 0.138 e. The molecule has 14 heavy (non-hydrogen) atoms. The van der Waals surface area contributed by atoms with Crippen molar-refractivity contribution in [2.45, 2.75) is 18.9 Å². The molecule has 0 aromatic carbocycles. The lowest BCUT2D eigenvalue weighted by Gasteiger charge is -2.45. The topological polar surface area (TPSA) is 12.5 Å². The molecule has 1 spiro atoms. The number of hydrogen-bond donors (Lipinski definition) is 0. The predicted octanol–water partition coefficient (Wildman–Crippen LogP) is 2.11. The van der Waals surface area contributed by atoms with Crippen LogP contribution in [0.3, 0.4) is 0 Å². The van der Waals surface area contributed by atoms with E-state index in [-0.39, 0.29) is 5.60 Å². The van der Waals surface area contributed by atoms with Gasteiger partial charge in [0.2, 0.25) is 0 Å². The molecule has 2 aliphatic heterocycles. The van der Waals surface area contributed by atoms with Crippen LogP contribution < -0.4 is 0 Å². The summed E-state index contributed by atoms with van der Waals surface area (Å²) in [6.07, 6.45) is 6.98. The third kappa shape index (κ3) is 1.40. The maximum Gasteiger partial charge on any atom is 0.138 e. The van der Waals surface area contributed by atoms with Crippen molar-refractivity contribution in [1.29, 1.82) is 0 Å². The second-order valence-electron chi connectivity index (χ2n) is 4.23. The van der Waals surface area contributed by atoms with Crippen LogP contribution in [0.1, 0.15) is 13.3 Å². The number of ether oxygens (including phenoxy) is 1. The molecule has 2 aliphatic rings. The quantitative estimate of drug-likeness (QED) is 0.663. The van der Waals surface area contributed by atoms with Crippen molar-refractivity contribution in [2.75, 3.05) is 20.1 Å². The molecule has 2 heteroatoms. The van der Waals surface area contributed by atoms with Crippen molar-refractivity contribution in [1.82, 2.24) is 4.90 Å². The van der Waals surface area contributed by atoms with Gasteiger partial charge in [0.25, 0.3) is 0 Å². The molecule has 76 valence electrons. The van der Waals surface area contributed by atoms with Crippen LogP contribution in [-0.2, 0) is 4.74 Å². The maximum absolute atomic E-state index is 5.98. The third-order valence-corrected chi connectivity index (χ3v) is 2.84.